The Kier molecular flexibility index (Phi) is 4.19. The average molecular weight is 317 g/mol. The number of anilines is 1. The fourth-order valence-electron chi connectivity index (χ4n) is 1.92. The van der Waals surface area contributed by atoms with Gasteiger partial charge in [0.05, 0.1) is 10.6 Å². The Balaban J connectivity index is 2.00. The van der Waals surface area contributed by atoms with E-state index in [9.17, 15) is 14.3 Å². The SMILES string of the molecule is O=C(Nc1ccc(Br)c(F)c1)N1CCCC(O)C1. The first kappa shape index (κ1) is 13.3. The van der Waals surface area contributed by atoms with Crippen molar-refractivity contribution in [2.45, 2.75) is 18.9 Å². The van der Waals surface area contributed by atoms with E-state index in [0.29, 0.717) is 23.2 Å². The molecule has 1 aliphatic heterocycles. The second kappa shape index (κ2) is 5.67. The molecule has 4 nitrogen and oxygen atoms in total. The van der Waals surface area contributed by atoms with Gasteiger partial charge in [-0.25, -0.2) is 9.18 Å². The van der Waals surface area contributed by atoms with Gasteiger partial charge in [-0.1, -0.05) is 0 Å². The number of hydrogen-bond acceptors (Lipinski definition) is 2. The van der Waals surface area contributed by atoms with Crippen LogP contribution in [0.3, 0.4) is 0 Å². The van der Waals surface area contributed by atoms with Gasteiger partial charge in [-0.05, 0) is 47.0 Å². The molecule has 1 aromatic rings. The molecule has 0 aromatic heterocycles. The average Bonchev–Trinajstić information content (AvgIpc) is 2.34. The molecule has 1 heterocycles. The Morgan fingerprint density at radius 2 is 2.33 bits per heavy atom. The van der Waals surface area contributed by atoms with Crippen LogP contribution in [-0.2, 0) is 0 Å². The molecule has 0 spiro atoms. The quantitative estimate of drug-likeness (QED) is 0.836. The molecule has 0 bridgehead atoms. The summed E-state index contributed by atoms with van der Waals surface area (Å²) >= 11 is 3.05. The summed E-state index contributed by atoms with van der Waals surface area (Å²) < 4.78 is 13.6. The van der Waals surface area contributed by atoms with E-state index in [0.717, 1.165) is 12.8 Å². The van der Waals surface area contributed by atoms with Gasteiger partial charge in [0.2, 0.25) is 0 Å². The summed E-state index contributed by atoms with van der Waals surface area (Å²) in [6.45, 7) is 0.937. The Labute approximate surface area is 113 Å². The van der Waals surface area contributed by atoms with E-state index in [2.05, 4.69) is 21.2 Å². The number of piperidine rings is 1. The maximum atomic E-state index is 13.3. The van der Waals surface area contributed by atoms with E-state index >= 15 is 0 Å². The van der Waals surface area contributed by atoms with Crippen LogP contribution in [0.25, 0.3) is 0 Å². The lowest BCUT2D eigenvalue weighted by molar-refractivity contribution is 0.0883. The van der Waals surface area contributed by atoms with Crippen molar-refractivity contribution in [3.05, 3.63) is 28.5 Å². The van der Waals surface area contributed by atoms with Crippen molar-refractivity contribution in [2.24, 2.45) is 0 Å². The van der Waals surface area contributed by atoms with Gasteiger partial charge in [-0.15, -0.1) is 0 Å². The van der Waals surface area contributed by atoms with Crippen molar-refractivity contribution in [2.75, 3.05) is 18.4 Å². The van der Waals surface area contributed by atoms with Crippen molar-refractivity contribution in [1.29, 1.82) is 0 Å². The van der Waals surface area contributed by atoms with E-state index in [-0.39, 0.29) is 6.03 Å². The Morgan fingerprint density at radius 1 is 1.56 bits per heavy atom. The van der Waals surface area contributed by atoms with Crippen molar-refractivity contribution in [3.63, 3.8) is 0 Å². The summed E-state index contributed by atoms with van der Waals surface area (Å²) in [6.07, 6.45) is 1.03. The minimum Gasteiger partial charge on any atom is -0.391 e. The number of β-amino-alcohol motifs (C(OH)–C–C–N with tert-alkyl or cyclic N) is 1. The first-order valence-electron chi connectivity index (χ1n) is 5.75. The molecule has 2 amide bonds. The summed E-state index contributed by atoms with van der Waals surface area (Å²) in [5.41, 5.74) is 0.403. The van der Waals surface area contributed by atoms with Gasteiger partial charge in [0.25, 0.3) is 0 Å². The molecule has 2 N–H and O–H groups in total. The van der Waals surface area contributed by atoms with Crippen LogP contribution in [0.4, 0.5) is 14.9 Å². The first-order chi connectivity index (χ1) is 8.56. The predicted molar refractivity (Wildman–Crippen MR) is 69.9 cm³/mol. The number of amides is 2. The second-order valence-electron chi connectivity index (χ2n) is 4.30. The minimum absolute atomic E-state index is 0.310. The van der Waals surface area contributed by atoms with Gasteiger partial charge >= 0.3 is 6.03 Å². The smallest absolute Gasteiger partial charge is 0.321 e. The van der Waals surface area contributed by atoms with E-state index < -0.39 is 11.9 Å². The second-order valence-corrected chi connectivity index (χ2v) is 5.16. The minimum atomic E-state index is -0.467. The molecular formula is C12H14BrFN2O2. The normalized spacial score (nSPS) is 19.7. The molecule has 98 valence electrons. The Hall–Kier alpha value is -1.14. The van der Waals surface area contributed by atoms with Crippen LogP contribution in [0.5, 0.6) is 0 Å². The molecule has 1 aromatic carbocycles. The van der Waals surface area contributed by atoms with Gasteiger partial charge in [0.15, 0.2) is 0 Å². The molecule has 1 atom stereocenters. The van der Waals surface area contributed by atoms with Gasteiger partial charge in [-0.2, -0.15) is 0 Å². The number of nitrogens with zero attached hydrogens (tertiary/aromatic N) is 1. The van der Waals surface area contributed by atoms with E-state index in [1.54, 1.807) is 6.07 Å². The highest BCUT2D eigenvalue weighted by Crippen LogP contribution is 2.20. The molecule has 2 rings (SSSR count). The molecule has 1 saturated heterocycles. The Bertz CT molecular complexity index is 456. The molecule has 6 heteroatoms. The number of hydrogen-bond donors (Lipinski definition) is 2. The lowest BCUT2D eigenvalue weighted by atomic mass is 10.1. The van der Waals surface area contributed by atoms with Crippen LogP contribution < -0.4 is 5.32 Å². The zero-order chi connectivity index (χ0) is 13.1. The maximum absolute atomic E-state index is 13.3. The highest BCUT2D eigenvalue weighted by Gasteiger charge is 2.22. The lowest BCUT2D eigenvalue weighted by Gasteiger charge is -2.30. The monoisotopic (exact) mass is 316 g/mol. The van der Waals surface area contributed by atoms with Crippen molar-refractivity contribution >= 4 is 27.6 Å². The highest BCUT2D eigenvalue weighted by molar-refractivity contribution is 9.10. The maximum Gasteiger partial charge on any atom is 0.321 e. The van der Waals surface area contributed by atoms with Crippen molar-refractivity contribution in [1.82, 2.24) is 4.90 Å². The predicted octanol–water partition coefficient (Wildman–Crippen LogP) is 2.58. The van der Waals surface area contributed by atoms with Gasteiger partial charge < -0.3 is 15.3 Å². The third-order valence-corrected chi connectivity index (χ3v) is 3.50. The number of nitrogens with one attached hydrogen (secondary N) is 1. The van der Waals surface area contributed by atoms with E-state index in [4.69, 9.17) is 0 Å². The van der Waals surface area contributed by atoms with E-state index in [1.165, 1.54) is 17.0 Å². The highest BCUT2D eigenvalue weighted by atomic mass is 79.9. The molecule has 1 unspecified atom stereocenters. The third-order valence-electron chi connectivity index (χ3n) is 2.85. The lowest BCUT2D eigenvalue weighted by Crippen LogP contribution is -2.44. The van der Waals surface area contributed by atoms with Crippen molar-refractivity contribution < 1.29 is 14.3 Å². The zero-order valence-electron chi connectivity index (χ0n) is 9.70. The number of likely N-dealkylation sites (tertiary alicyclic amines) is 1. The number of carbonyl (C=O) groups excluding carboxylic acids is 1. The molecule has 1 fully saturated rings. The van der Waals surface area contributed by atoms with Crippen LogP contribution in [-0.4, -0.2) is 35.2 Å². The molecule has 0 aliphatic carbocycles. The molecule has 18 heavy (non-hydrogen) atoms. The number of aliphatic hydroxyl groups excluding tert-OH is 1. The Morgan fingerprint density at radius 3 is 3.00 bits per heavy atom. The largest absolute Gasteiger partial charge is 0.391 e. The van der Waals surface area contributed by atoms with Crippen LogP contribution in [0, 0.1) is 5.82 Å². The summed E-state index contributed by atoms with van der Waals surface area (Å²) in [5.74, 6) is -0.425. The molecule has 1 aliphatic rings. The zero-order valence-corrected chi connectivity index (χ0v) is 11.3. The fourth-order valence-corrected chi connectivity index (χ4v) is 2.16. The van der Waals surface area contributed by atoms with Gasteiger partial charge in [0, 0.05) is 18.8 Å². The topological polar surface area (TPSA) is 52.6 Å². The molecule has 0 saturated carbocycles. The molecular weight excluding hydrogens is 303 g/mol. The summed E-state index contributed by atoms with van der Waals surface area (Å²) in [5, 5.41) is 12.1. The third kappa shape index (κ3) is 3.20. The van der Waals surface area contributed by atoms with Gasteiger partial charge in [0.1, 0.15) is 5.82 Å². The molecule has 0 radical (unpaired) electrons. The standard InChI is InChI=1S/C12H14BrFN2O2/c13-10-4-3-8(6-11(10)14)15-12(18)16-5-1-2-9(17)7-16/h3-4,6,9,17H,1-2,5,7H2,(H,15,18). The summed E-state index contributed by atoms with van der Waals surface area (Å²) in [6, 6.07) is 4.10. The first-order valence-corrected chi connectivity index (χ1v) is 6.54. The van der Waals surface area contributed by atoms with Crippen LogP contribution in [0.2, 0.25) is 0 Å². The number of halogens is 2. The number of rotatable bonds is 1. The number of carbonyl (C=O) groups is 1. The van der Waals surface area contributed by atoms with Crippen LogP contribution in [0.15, 0.2) is 22.7 Å². The van der Waals surface area contributed by atoms with Crippen molar-refractivity contribution in [3.8, 4) is 0 Å². The number of urea groups is 1. The van der Waals surface area contributed by atoms with Crippen LogP contribution in [0.1, 0.15) is 12.8 Å². The summed E-state index contributed by atoms with van der Waals surface area (Å²) in [4.78, 5) is 13.4. The van der Waals surface area contributed by atoms with Gasteiger partial charge in [-0.3, -0.25) is 0 Å². The van der Waals surface area contributed by atoms with E-state index in [1.807, 2.05) is 0 Å². The summed E-state index contributed by atoms with van der Waals surface area (Å²) in [7, 11) is 0. The number of benzene rings is 1. The fraction of sp³-hybridized carbons (Fsp3) is 0.417. The van der Waals surface area contributed by atoms with Crippen LogP contribution >= 0.6 is 15.9 Å². The number of aliphatic hydroxyl groups is 1.